The Balaban J connectivity index is 2.45. The minimum atomic E-state index is 0.314. The van der Waals surface area contributed by atoms with Gasteiger partial charge in [-0.05, 0) is 23.7 Å². The maximum Gasteiger partial charge on any atom is 0.206 e. The summed E-state index contributed by atoms with van der Waals surface area (Å²) in [6, 6.07) is 3.35. The molecule has 68 valence electrons. The fraction of sp³-hybridized carbons (Fsp3) is 0.125. The Labute approximate surface area is 79.3 Å². The van der Waals surface area contributed by atoms with E-state index in [4.69, 9.17) is 26.3 Å². The normalized spacial score (nSPS) is 10.6. The third-order valence-corrected chi connectivity index (χ3v) is 1.86. The molecule has 0 saturated carbocycles. The van der Waals surface area contributed by atoms with Crippen molar-refractivity contribution < 1.29 is 8.94 Å². The van der Waals surface area contributed by atoms with Gasteiger partial charge in [-0.25, -0.2) is 0 Å². The van der Waals surface area contributed by atoms with Gasteiger partial charge >= 0.3 is 0 Å². The number of furan rings is 1. The lowest BCUT2D eigenvalue weighted by atomic mass is 10.2. The van der Waals surface area contributed by atoms with E-state index in [1.54, 1.807) is 18.3 Å². The monoisotopic (exact) mass is 198 g/mol. The SMILES string of the molecule is NCc1cnoc1-c1ccc(Cl)o1. The molecule has 0 fully saturated rings. The van der Waals surface area contributed by atoms with Gasteiger partial charge < -0.3 is 14.7 Å². The molecule has 13 heavy (non-hydrogen) atoms. The number of nitrogens with two attached hydrogens (primary N) is 1. The van der Waals surface area contributed by atoms with Crippen LogP contribution >= 0.6 is 11.6 Å². The molecule has 2 N–H and O–H groups in total. The highest BCUT2D eigenvalue weighted by Gasteiger charge is 2.12. The first-order valence-electron chi connectivity index (χ1n) is 3.70. The van der Waals surface area contributed by atoms with E-state index in [-0.39, 0.29) is 0 Å². The van der Waals surface area contributed by atoms with Gasteiger partial charge in [0, 0.05) is 12.1 Å². The topological polar surface area (TPSA) is 65.2 Å². The highest BCUT2D eigenvalue weighted by atomic mass is 35.5. The summed E-state index contributed by atoms with van der Waals surface area (Å²) in [5, 5.41) is 3.93. The Morgan fingerprint density at radius 1 is 1.46 bits per heavy atom. The van der Waals surface area contributed by atoms with Crippen LogP contribution in [0.25, 0.3) is 11.5 Å². The van der Waals surface area contributed by atoms with Crippen molar-refractivity contribution in [1.29, 1.82) is 0 Å². The van der Waals surface area contributed by atoms with Crippen LogP contribution in [0.4, 0.5) is 0 Å². The van der Waals surface area contributed by atoms with Crippen molar-refractivity contribution in [3.8, 4) is 11.5 Å². The molecule has 5 heteroatoms. The third-order valence-electron chi connectivity index (χ3n) is 1.66. The Bertz CT molecular complexity index is 408. The molecular weight excluding hydrogens is 192 g/mol. The molecule has 0 radical (unpaired) electrons. The summed E-state index contributed by atoms with van der Waals surface area (Å²) in [7, 11) is 0. The third kappa shape index (κ3) is 1.46. The zero-order valence-corrected chi connectivity index (χ0v) is 7.41. The molecular formula is C8H7ClN2O2. The molecule has 2 aromatic rings. The van der Waals surface area contributed by atoms with E-state index in [1.807, 2.05) is 0 Å². The van der Waals surface area contributed by atoms with E-state index in [9.17, 15) is 0 Å². The fourth-order valence-electron chi connectivity index (χ4n) is 1.04. The molecule has 0 unspecified atom stereocenters. The summed E-state index contributed by atoms with van der Waals surface area (Å²) in [6.45, 7) is 0.358. The van der Waals surface area contributed by atoms with Crippen LogP contribution in [0.1, 0.15) is 5.56 Å². The van der Waals surface area contributed by atoms with Crippen LogP contribution in [0, 0.1) is 0 Å². The second-order valence-corrected chi connectivity index (χ2v) is 2.86. The molecule has 2 heterocycles. The lowest BCUT2D eigenvalue weighted by molar-refractivity contribution is 0.417. The molecule has 0 aromatic carbocycles. The molecule has 0 aliphatic heterocycles. The van der Waals surface area contributed by atoms with Crippen molar-refractivity contribution in [2.75, 3.05) is 0 Å². The predicted octanol–water partition coefficient (Wildman–Crippen LogP) is 2.05. The van der Waals surface area contributed by atoms with Crippen molar-refractivity contribution in [3.05, 3.63) is 29.1 Å². The number of aromatic nitrogens is 1. The predicted molar refractivity (Wildman–Crippen MR) is 47.1 cm³/mol. The molecule has 0 aliphatic carbocycles. The molecule has 2 rings (SSSR count). The second kappa shape index (κ2) is 3.24. The van der Waals surface area contributed by atoms with Gasteiger partial charge in [0.25, 0.3) is 0 Å². The van der Waals surface area contributed by atoms with Crippen molar-refractivity contribution in [2.24, 2.45) is 5.73 Å². The molecule has 0 bridgehead atoms. The van der Waals surface area contributed by atoms with Gasteiger partial charge in [0.05, 0.1) is 6.20 Å². The smallest absolute Gasteiger partial charge is 0.206 e. The van der Waals surface area contributed by atoms with Crippen LogP contribution in [-0.2, 0) is 6.54 Å². The number of hydrogen-bond acceptors (Lipinski definition) is 4. The summed E-state index contributed by atoms with van der Waals surface area (Å²) < 4.78 is 10.1. The zero-order valence-electron chi connectivity index (χ0n) is 6.66. The molecule has 0 spiro atoms. The Morgan fingerprint density at radius 3 is 2.92 bits per heavy atom. The lowest BCUT2D eigenvalue weighted by Crippen LogP contribution is -1.95. The highest BCUT2D eigenvalue weighted by molar-refractivity contribution is 6.28. The first-order valence-corrected chi connectivity index (χ1v) is 4.08. The maximum absolute atomic E-state index is 5.61. The van der Waals surface area contributed by atoms with Gasteiger partial charge in [0.15, 0.2) is 11.0 Å². The second-order valence-electron chi connectivity index (χ2n) is 2.49. The van der Waals surface area contributed by atoms with Gasteiger partial charge in [-0.3, -0.25) is 0 Å². The van der Waals surface area contributed by atoms with Gasteiger partial charge in [0.2, 0.25) is 5.76 Å². The van der Waals surface area contributed by atoms with E-state index in [1.165, 1.54) is 0 Å². The quantitative estimate of drug-likeness (QED) is 0.802. The summed E-state index contributed by atoms with van der Waals surface area (Å²) in [6.07, 6.45) is 1.56. The summed E-state index contributed by atoms with van der Waals surface area (Å²) in [5.74, 6) is 1.08. The first-order chi connectivity index (χ1) is 6.31. The van der Waals surface area contributed by atoms with Crippen LogP contribution in [0.15, 0.2) is 27.3 Å². The number of nitrogens with zero attached hydrogens (tertiary/aromatic N) is 1. The van der Waals surface area contributed by atoms with Crippen LogP contribution in [0.2, 0.25) is 5.22 Å². The van der Waals surface area contributed by atoms with Crippen molar-refractivity contribution >= 4 is 11.6 Å². The molecule has 4 nitrogen and oxygen atoms in total. The minimum absolute atomic E-state index is 0.314. The van der Waals surface area contributed by atoms with Crippen molar-refractivity contribution in [2.45, 2.75) is 6.54 Å². The van der Waals surface area contributed by atoms with E-state index >= 15 is 0 Å². The Kier molecular flexibility index (Phi) is 2.08. The largest absolute Gasteiger partial charge is 0.441 e. The van der Waals surface area contributed by atoms with Crippen LogP contribution in [0.5, 0.6) is 0 Å². The molecule has 0 saturated heterocycles. The molecule has 2 aromatic heterocycles. The minimum Gasteiger partial charge on any atom is -0.441 e. The molecule has 0 atom stereocenters. The van der Waals surface area contributed by atoms with Gasteiger partial charge in [-0.2, -0.15) is 0 Å². The first kappa shape index (κ1) is 8.34. The van der Waals surface area contributed by atoms with Crippen LogP contribution in [-0.4, -0.2) is 5.16 Å². The number of hydrogen-bond donors (Lipinski definition) is 1. The average Bonchev–Trinajstić information content (AvgIpc) is 2.71. The zero-order chi connectivity index (χ0) is 9.26. The van der Waals surface area contributed by atoms with Crippen LogP contribution in [0.3, 0.4) is 0 Å². The maximum atomic E-state index is 5.61. The Hall–Kier alpha value is -1.26. The average molecular weight is 199 g/mol. The Morgan fingerprint density at radius 2 is 2.31 bits per heavy atom. The van der Waals surface area contributed by atoms with E-state index in [0.717, 1.165) is 5.56 Å². The van der Waals surface area contributed by atoms with Crippen molar-refractivity contribution in [3.63, 3.8) is 0 Å². The van der Waals surface area contributed by atoms with E-state index in [2.05, 4.69) is 5.16 Å². The molecule has 0 amide bonds. The highest BCUT2D eigenvalue weighted by Crippen LogP contribution is 2.27. The summed E-state index contributed by atoms with van der Waals surface area (Å²) in [4.78, 5) is 0. The van der Waals surface area contributed by atoms with Gasteiger partial charge in [0.1, 0.15) is 0 Å². The fourth-order valence-corrected chi connectivity index (χ4v) is 1.19. The van der Waals surface area contributed by atoms with E-state index in [0.29, 0.717) is 23.3 Å². The van der Waals surface area contributed by atoms with Crippen molar-refractivity contribution in [1.82, 2.24) is 5.16 Å². The lowest BCUT2D eigenvalue weighted by Gasteiger charge is -1.91. The standard InChI is InChI=1S/C8H7ClN2O2/c9-7-2-1-6(12-7)8-5(3-10)4-11-13-8/h1-2,4H,3,10H2. The summed E-state index contributed by atoms with van der Waals surface area (Å²) >= 11 is 5.61. The van der Waals surface area contributed by atoms with Gasteiger partial charge in [-0.15, -0.1) is 0 Å². The van der Waals surface area contributed by atoms with Gasteiger partial charge in [-0.1, -0.05) is 5.16 Å². The van der Waals surface area contributed by atoms with E-state index < -0.39 is 0 Å². The van der Waals surface area contributed by atoms with Crippen LogP contribution < -0.4 is 5.73 Å². The number of rotatable bonds is 2. The number of halogens is 1. The molecule has 0 aliphatic rings. The summed E-state index contributed by atoms with van der Waals surface area (Å²) in [5.41, 5.74) is 6.26.